The molecule has 0 saturated carbocycles. The van der Waals surface area contributed by atoms with Crippen molar-refractivity contribution in [2.24, 2.45) is 0 Å². The van der Waals surface area contributed by atoms with Crippen LogP contribution in [0.25, 0.3) is 0 Å². The number of aromatic nitrogens is 1. The molecule has 1 aromatic heterocycles. The van der Waals surface area contributed by atoms with Crippen molar-refractivity contribution in [1.82, 2.24) is 4.98 Å². The highest BCUT2D eigenvalue weighted by Gasteiger charge is 2.32. The number of nitrogens with zero attached hydrogens (tertiary/aromatic N) is 1. The fourth-order valence-corrected chi connectivity index (χ4v) is 1.34. The maximum atomic E-state index is 11.8. The first kappa shape index (κ1) is 10.9. The molecule has 0 aliphatic rings. The topological polar surface area (TPSA) is 50.2 Å². The Morgan fingerprint density at radius 2 is 2.14 bits per heavy atom. The van der Waals surface area contributed by atoms with E-state index in [9.17, 15) is 9.90 Å². The molecule has 1 N–H and O–H groups in total. The number of aliphatic hydroxyl groups is 1. The summed E-state index contributed by atoms with van der Waals surface area (Å²) in [6, 6.07) is 3.37. The van der Waals surface area contributed by atoms with Crippen LogP contribution in [0.4, 0.5) is 0 Å². The Balaban J connectivity index is 2.95. The molecule has 1 heterocycles. The van der Waals surface area contributed by atoms with Gasteiger partial charge in [0, 0.05) is 18.0 Å². The predicted octanol–water partition coefficient (Wildman–Crippen LogP) is 1.82. The van der Waals surface area contributed by atoms with Crippen molar-refractivity contribution in [3.8, 4) is 0 Å². The third kappa shape index (κ3) is 1.99. The number of pyridine rings is 1. The highest BCUT2D eigenvalue weighted by Crippen LogP contribution is 2.20. The Morgan fingerprint density at radius 3 is 2.57 bits per heavy atom. The molecule has 14 heavy (non-hydrogen) atoms. The molecule has 3 heteroatoms. The van der Waals surface area contributed by atoms with Gasteiger partial charge in [-0.1, -0.05) is 13.8 Å². The molecule has 0 spiro atoms. The average Bonchev–Trinajstić information content (AvgIpc) is 2.28. The number of hydrogen-bond acceptors (Lipinski definition) is 3. The Morgan fingerprint density at radius 1 is 1.50 bits per heavy atom. The summed E-state index contributed by atoms with van der Waals surface area (Å²) in [6.07, 6.45) is 3.95. The van der Waals surface area contributed by atoms with Crippen LogP contribution in [0.3, 0.4) is 0 Å². The standard InChI is InChI=1S/C11H15NO2/c1-3-11(14,4-2)10(13)9-6-5-7-12-8-9/h5-8,14H,3-4H2,1-2H3. The number of hydrogen-bond donors (Lipinski definition) is 1. The molecule has 0 bridgehead atoms. The zero-order valence-electron chi connectivity index (χ0n) is 8.53. The summed E-state index contributed by atoms with van der Waals surface area (Å²) in [5.74, 6) is -0.240. The first-order valence-electron chi connectivity index (χ1n) is 4.81. The van der Waals surface area contributed by atoms with E-state index in [4.69, 9.17) is 0 Å². The van der Waals surface area contributed by atoms with Gasteiger partial charge in [-0.2, -0.15) is 0 Å². The smallest absolute Gasteiger partial charge is 0.195 e. The predicted molar refractivity (Wildman–Crippen MR) is 54.1 cm³/mol. The summed E-state index contributed by atoms with van der Waals surface area (Å²) in [5.41, 5.74) is -0.762. The monoisotopic (exact) mass is 193 g/mol. The number of Topliss-reactive ketones (excluding diaryl/α,β-unsaturated/α-hetero) is 1. The lowest BCUT2D eigenvalue weighted by Crippen LogP contribution is -2.37. The Labute approximate surface area is 83.8 Å². The fourth-order valence-electron chi connectivity index (χ4n) is 1.34. The van der Waals surface area contributed by atoms with E-state index < -0.39 is 5.60 Å². The maximum Gasteiger partial charge on any atom is 0.195 e. The van der Waals surface area contributed by atoms with Crippen LogP contribution < -0.4 is 0 Å². The number of carbonyl (C=O) groups excluding carboxylic acids is 1. The molecule has 0 unspecified atom stereocenters. The van der Waals surface area contributed by atoms with Gasteiger partial charge in [0.05, 0.1) is 0 Å². The molecule has 0 saturated heterocycles. The molecule has 0 radical (unpaired) electrons. The second kappa shape index (κ2) is 4.33. The Kier molecular flexibility index (Phi) is 3.36. The summed E-state index contributed by atoms with van der Waals surface area (Å²) in [5, 5.41) is 9.97. The van der Waals surface area contributed by atoms with Gasteiger partial charge in [-0.05, 0) is 25.0 Å². The van der Waals surface area contributed by atoms with E-state index in [0.717, 1.165) is 0 Å². The van der Waals surface area contributed by atoms with Gasteiger partial charge in [0.1, 0.15) is 5.60 Å². The minimum absolute atomic E-state index is 0.240. The molecule has 1 rings (SSSR count). The summed E-state index contributed by atoms with van der Waals surface area (Å²) >= 11 is 0. The van der Waals surface area contributed by atoms with E-state index in [-0.39, 0.29) is 5.78 Å². The van der Waals surface area contributed by atoms with E-state index in [1.807, 2.05) is 0 Å². The van der Waals surface area contributed by atoms with Crippen LogP contribution in [0, 0.1) is 0 Å². The highest BCUT2D eigenvalue weighted by atomic mass is 16.3. The first-order chi connectivity index (χ1) is 6.64. The maximum absolute atomic E-state index is 11.8. The lowest BCUT2D eigenvalue weighted by Gasteiger charge is -2.23. The van der Waals surface area contributed by atoms with Gasteiger partial charge >= 0.3 is 0 Å². The van der Waals surface area contributed by atoms with Gasteiger partial charge in [0.25, 0.3) is 0 Å². The molecule has 0 amide bonds. The van der Waals surface area contributed by atoms with Crippen LogP contribution in [-0.4, -0.2) is 21.5 Å². The average molecular weight is 193 g/mol. The molecule has 0 aliphatic heterocycles. The van der Waals surface area contributed by atoms with Crippen molar-refractivity contribution in [3.63, 3.8) is 0 Å². The van der Waals surface area contributed by atoms with Crippen molar-refractivity contribution < 1.29 is 9.90 Å². The quantitative estimate of drug-likeness (QED) is 0.742. The van der Waals surface area contributed by atoms with Crippen LogP contribution in [0.15, 0.2) is 24.5 Å². The molecule has 1 aromatic rings. The number of carbonyl (C=O) groups is 1. The van der Waals surface area contributed by atoms with Crippen LogP contribution in [0.5, 0.6) is 0 Å². The molecular weight excluding hydrogens is 178 g/mol. The van der Waals surface area contributed by atoms with Crippen molar-refractivity contribution >= 4 is 5.78 Å². The van der Waals surface area contributed by atoms with E-state index in [1.54, 1.807) is 32.2 Å². The van der Waals surface area contributed by atoms with Crippen molar-refractivity contribution in [2.45, 2.75) is 32.3 Å². The van der Waals surface area contributed by atoms with Crippen molar-refractivity contribution in [2.75, 3.05) is 0 Å². The van der Waals surface area contributed by atoms with E-state index in [2.05, 4.69) is 4.98 Å². The van der Waals surface area contributed by atoms with Crippen LogP contribution in [0.1, 0.15) is 37.0 Å². The minimum atomic E-state index is -1.23. The zero-order valence-corrected chi connectivity index (χ0v) is 8.53. The van der Waals surface area contributed by atoms with Crippen LogP contribution in [-0.2, 0) is 0 Å². The van der Waals surface area contributed by atoms with Gasteiger partial charge in [0.2, 0.25) is 0 Å². The summed E-state index contributed by atoms with van der Waals surface area (Å²) < 4.78 is 0. The largest absolute Gasteiger partial charge is 0.382 e. The lowest BCUT2D eigenvalue weighted by molar-refractivity contribution is 0.0277. The summed E-state index contributed by atoms with van der Waals surface area (Å²) in [4.78, 5) is 15.7. The van der Waals surface area contributed by atoms with E-state index in [1.165, 1.54) is 6.20 Å². The third-order valence-electron chi connectivity index (χ3n) is 2.52. The normalized spacial score (nSPS) is 11.4. The SMILES string of the molecule is CCC(O)(CC)C(=O)c1cccnc1. The van der Waals surface area contributed by atoms with Gasteiger partial charge < -0.3 is 5.11 Å². The molecule has 0 aromatic carbocycles. The van der Waals surface area contributed by atoms with Crippen molar-refractivity contribution in [3.05, 3.63) is 30.1 Å². The second-order valence-electron chi connectivity index (χ2n) is 3.31. The molecule has 0 fully saturated rings. The van der Waals surface area contributed by atoms with E-state index >= 15 is 0 Å². The number of rotatable bonds is 4. The van der Waals surface area contributed by atoms with Crippen LogP contribution >= 0.6 is 0 Å². The minimum Gasteiger partial charge on any atom is -0.382 e. The van der Waals surface area contributed by atoms with Gasteiger partial charge in [0.15, 0.2) is 5.78 Å². The molecular formula is C11H15NO2. The third-order valence-corrected chi connectivity index (χ3v) is 2.52. The zero-order chi connectivity index (χ0) is 10.6. The Hall–Kier alpha value is -1.22. The fraction of sp³-hybridized carbons (Fsp3) is 0.455. The summed E-state index contributed by atoms with van der Waals surface area (Å²) in [7, 11) is 0. The lowest BCUT2D eigenvalue weighted by atomic mass is 9.89. The van der Waals surface area contributed by atoms with Gasteiger partial charge in [-0.15, -0.1) is 0 Å². The van der Waals surface area contributed by atoms with Gasteiger partial charge in [-0.25, -0.2) is 0 Å². The van der Waals surface area contributed by atoms with Gasteiger partial charge in [-0.3, -0.25) is 9.78 Å². The summed E-state index contributed by atoms with van der Waals surface area (Å²) in [6.45, 7) is 3.61. The number of ketones is 1. The molecule has 76 valence electrons. The first-order valence-corrected chi connectivity index (χ1v) is 4.81. The molecule has 3 nitrogen and oxygen atoms in total. The molecule has 0 atom stereocenters. The second-order valence-corrected chi connectivity index (χ2v) is 3.31. The highest BCUT2D eigenvalue weighted by molar-refractivity contribution is 6.01. The molecule has 0 aliphatic carbocycles. The van der Waals surface area contributed by atoms with Crippen LogP contribution in [0.2, 0.25) is 0 Å². The van der Waals surface area contributed by atoms with E-state index in [0.29, 0.717) is 18.4 Å². The Bertz CT molecular complexity index is 304. The van der Waals surface area contributed by atoms with Crippen molar-refractivity contribution in [1.29, 1.82) is 0 Å².